The Morgan fingerprint density at radius 3 is 2.46 bits per heavy atom. The number of likely N-dealkylation sites (N-methyl/N-ethyl adjacent to an activating group) is 1. The molecule has 28 heavy (non-hydrogen) atoms. The minimum absolute atomic E-state index is 0.111. The van der Waals surface area contributed by atoms with E-state index in [-0.39, 0.29) is 11.8 Å². The highest BCUT2D eigenvalue weighted by Gasteiger charge is 2.25. The number of carbonyl (C=O) groups is 1. The number of rotatable bonds is 7. The van der Waals surface area contributed by atoms with Crippen LogP contribution in [-0.2, 0) is 13.1 Å². The topological polar surface area (TPSA) is 44.8 Å². The molecule has 1 atom stereocenters. The standard InChI is InChI=1S/C22H28FN3O2/c1-25-13-3-4-20(25)16-26(15-18-5-9-19(23)10-6-18)22(27)24-14-17-7-11-21(28-2)12-8-17/h5-12,20H,3-4,13-16H2,1-2H3,(H,24,27)/t20-/m0/s1. The average Bonchev–Trinajstić information content (AvgIpc) is 3.12. The molecular weight excluding hydrogens is 357 g/mol. The summed E-state index contributed by atoms with van der Waals surface area (Å²) < 4.78 is 18.4. The Hall–Kier alpha value is -2.60. The third-order valence-corrected chi connectivity index (χ3v) is 5.28. The molecule has 1 N–H and O–H groups in total. The number of hydrogen-bond acceptors (Lipinski definition) is 3. The number of urea groups is 1. The molecule has 1 fully saturated rings. The lowest BCUT2D eigenvalue weighted by Crippen LogP contribution is -2.45. The largest absolute Gasteiger partial charge is 0.497 e. The second-order valence-electron chi connectivity index (χ2n) is 7.29. The lowest BCUT2D eigenvalue weighted by atomic mass is 10.1. The van der Waals surface area contributed by atoms with Gasteiger partial charge in [0.2, 0.25) is 0 Å². The van der Waals surface area contributed by atoms with E-state index in [0.29, 0.717) is 25.7 Å². The van der Waals surface area contributed by atoms with Gasteiger partial charge in [-0.05, 0) is 61.8 Å². The fourth-order valence-corrected chi connectivity index (χ4v) is 3.53. The summed E-state index contributed by atoms with van der Waals surface area (Å²) in [6.45, 7) is 2.62. The summed E-state index contributed by atoms with van der Waals surface area (Å²) in [5, 5.41) is 3.01. The number of amides is 2. The Morgan fingerprint density at radius 2 is 1.86 bits per heavy atom. The van der Waals surface area contributed by atoms with E-state index in [1.54, 1.807) is 19.2 Å². The van der Waals surface area contributed by atoms with Gasteiger partial charge in [-0.15, -0.1) is 0 Å². The molecule has 1 aliphatic heterocycles. The monoisotopic (exact) mass is 385 g/mol. The van der Waals surface area contributed by atoms with Crippen molar-refractivity contribution in [3.63, 3.8) is 0 Å². The van der Waals surface area contributed by atoms with Crippen LogP contribution >= 0.6 is 0 Å². The Kier molecular flexibility index (Phi) is 6.87. The van der Waals surface area contributed by atoms with Crippen molar-refractivity contribution in [2.45, 2.75) is 32.0 Å². The summed E-state index contributed by atoms with van der Waals surface area (Å²) in [5.41, 5.74) is 1.93. The van der Waals surface area contributed by atoms with E-state index in [2.05, 4.69) is 17.3 Å². The SMILES string of the molecule is COc1ccc(CNC(=O)N(Cc2ccc(F)cc2)C[C@@H]2CCCN2C)cc1. The van der Waals surface area contributed by atoms with Gasteiger partial charge in [0.05, 0.1) is 7.11 Å². The van der Waals surface area contributed by atoms with Gasteiger partial charge in [-0.3, -0.25) is 0 Å². The molecule has 1 heterocycles. The molecule has 0 spiro atoms. The predicted molar refractivity (Wildman–Crippen MR) is 108 cm³/mol. The van der Waals surface area contributed by atoms with Gasteiger partial charge in [-0.1, -0.05) is 24.3 Å². The molecule has 2 amide bonds. The summed E-state index contributed by atoms with van der Waals surface area (Å²) in [4.78, 5) is 17.0. The maximum absolute atomic E-state index is 13.2. The lowest BCUT2D eigenvalue weighted by molar-refractivity contribution is 0.172. The first-order chi connectivity index (χ1) is 13.5. The molecule has 150 valence electrons. The van der Waals surface area contributed by atoms with Crippen molar-refractivity contribution in [1.82, 2.24) is 15.1 Å². The summed E-state index contributed by atoms with van der Waals surface area (Å²) in [6, 6.07) is 14.2. The van der Waals surface area contributed by atoms with Crippen LogP contribution in [0.25, 0.3) is 0 Å². The van der Waals surface area contributed by atoms with Crippen LogP contribution in [0.1, 0.15) is 24.0 Å². The van der Waals surface area contributed by atoms with E-state index >= 15 is 0 Å². The van der Waals surface area contributed by atoms with Crippen molar-refractivity contribution < 1.29 is 13.9 Å². The highest BCUT2D eigenvalue weighted by atomic mass is 19.1. The molecule has 0 radical (unpaired) electrons. The summed E-state index contributed by atoms with van der Waals surface area (Å²) in [7, 11) is 3.73. The Balaban J connectivity index is 1.65. The van der Waals surface area contributed by atoms with Gasteiger partial charge in [0.15, 0.2) is 0 Å². The third-order valence-electron chi connectivity index (χ3n) is 5.28. The molecule has 1 aliphatic rings. The fourth-order valence-electron chi connectivity index (χ4n) is 3.53. The van der Waals surface area contributed by atoms with E-state index in [9.17, 15) is 9.18 Å². The zero-order valence-corrected chi connectivity index (χ0v) is 16.5. The molecule has 0 bridgehead atoms. The van der Waals surface area contributed by atoms with Gasteiger partial charge >= 0.3 is 6.03 Å². The first kappa shape index (κ1) is 20.1. The number of hydrogen-bond donors (Lipinski definition) is 1. The molecular formula is C22H28FN3O2. The molecule has 0 saturated carbocycles. The van der Waals surface area contributed by atoms with Crippen LogP contribution in [-0.4, -0.2) is 49.1 Å². The first-order valence-corrected chi connectivity index (χ1v) is 9.65. The molecule has 0 aliphatic carbocycles. The first-order valence-electron chi connectivity index (χ1n) is 9.65. The quantitative estimate of drug-likeness (QED) is 0.791. The van der Waals surface area contributed by atoms with E-state index in [1.807, 2.05) is 29.2 Å². The second kappa shape index (κ2) is 9.55. The zero-order chi connectivity index (χ0) is 19.9. The van der Waals surface area contributed by atoms with Gasteiger partial charge in [0.25, 0.3) is 0 Å². The van der Waals surface area contributed by atoms with Crippen molar-refractivity contribution in [3.8, 4) is 5.75 Å². The highest BCUT2D eigenvalue weighted by Crippen LogP contribution is 2.18. The van der Waals surface area contributed by atoms with E-state index < -0.39 is 0 Å². The molecule has 3 rings (SSSR count). The van der Waals surface area contributed by atoms with E-state index in [1.165, 1.54) is 12.1 Å². The Bertz CT molecular complexity index is 764. The Morgan fingerprint density at radius 1 is 1.18 bits per heavy atom. The number of ether oxygens (including phenoxy) is 1. The maximum atomic E-state index is 13.2. The summed E-state index contributed by atoms with van der Waals surface area (Å²) >= 11 is 0. The van der Waals surface area contributed by atoms with Crippen molar-refractivity contribution in [2.75, 3.05) is 27.2 Å². The number of nitrogens with zero attached hydrogens (tertiary/aromatic N) is 2. The molecule has 2 aromatic carbocycles. The second-order valence-corrected chi connectivity index (χ2v) is 7.29. The molecule has 6 heteroatoms. The zero-order valence-electron chi connectivity index (χ0n) is 16.5. The minimum atomic E-state index is -0.269. The van der Waals surface area contributed by atoms with Crippen molar-refractivity contribution in [2.24, 2.45) is 0 Å². The normalized spacial score (nSPS) is 16.8. The molecule has 5 nitrogen and oxygen atoms in total. The van der Waals surface area contributed by atoms with E-state index in [4.69, 9.17) is 4.74 Å². The van der Waals surface area contributed by atoms with E-state index in [0.717, 1.165) is 36.3 Å². The van der Waals surface area contributed by atoms with Crippen molar-refractivity contribution in [3.05, 3.63) is 65.5 Å². The number of likely N-dealkylation sites (tertiary alicyclic amines) is 1. The molecule has 0 unspecified atom stereocenters. The van der Waals surface area contributed by atoms with Crippen molar-refractivity contribution in [1.29, 1.82) is 0 Å². The van der Waals surface area contributed by atoms with Gasteiger partial charge in [0, 0.05) is 25.7 Å². The maximum Gasteiger partial charge on any atom is 0.318 e. The summed E-state index contributed by atoms with van der Waals surface area (Å²) in [6.07, 6.45) is 2.24. The molecule has 2 aromatic rings. The smallest absolute Gasteiger partial charge is 0.318 e. The lowest BCUT2D eigenvalue weighted by Gasteiger charge is -2.29. The van der Waals surface area contributed by atoms with Gasteiger partial charge in [-0.25, -0.2) is 9.18 Å². The van der Waals surface area contributed by atoms with Crippen LogP contribution in [0.2, 0.25) is 0 Å². The van der Waals surface area contributed by atoms with Gasteiger partial charge in [-0.2, -0.15) is 0 Å². The number of benzene rings is 2. The fraction of sp³-hybridized carbons (Fsp3) is 0.409. The van der Waals surface area contributed by atoms with Crippen LogP contribution in [0.3, 0.4) is 0 Å². The van der Waals surface area contributed by atoms with Crippen LogP contribution in [0.4, 0.5) is 9.18 Å². The van der Waals surface area contributed by atoms with Gasteiger partial charge < -0.3 is 19.9 Å². The molecule has 1 saturated heterocycles. The van der Waals surface area contributed by atoms with Crippen LogP contribution in [0.15, 0.2) is 48.5 Å². The third kappa shape index (κ3) is 5.45. The summed E-state index contributed by atoms with van der Waals surface area (Å²) in [5.74, 6) is 0.520. The highest BCUT2D eigenvalue weighted by molar-refractivity contribution is 5.74. The van der Waals surface area contributed by atoms with Crippen LogP contribution in [0.5, 0.6) is 5.75 Å². The van der Waals surface area contributed by atoms with Crippen molar-refractivity contribution >= 4 is 6.03 Å². The number of nitrogens with one attached hydrogen (secondary N) is 1. The molecule has 0 aromatic heterocycles. The number of methoxy groups -OCH3 is 1. The average molecular weight is 385 g/mol. The van der Waals surface area contributed by atoms with Gasteiger partial charge in [0.1, 0.15) is 11.6 Å². The predicted octanol–water partition coefficient (Wildman–Crippen LogP) is 3.64. The minimum Gasteiger partial charge on any atom is -0.497 e. The van der Waals surface area contributed by atoms with Crippen LogP contribution in [0, 0.1) is 5.82 Å². The van der Waals surface area contributed by atoms with Crippen LogP contribution < -0.4 is 10.1 Å². The number of carbonyl (C=O) groups excluding carboxylic acids is 1. The number of halogens is 1. The Labute approximate surface area is 166 Å².